The van der Waals surface area contributed by atoms with E-state index in [1.807, 2.05) is 49.9 Å². The van der Waals surface area contributed by atoms with Gasteiger partial charge in [-0.3, -0.25) is 0 Å². The summed E-state index contributed by atoms with van der Waals surface area (Å²) < 4.78 is 5.28. The molecule has 1 aliphatic rings. The van der Waals surface area contributed by atoms with Crippen LogP contribution >= 0.6 is 0 Å². The van der Waals surface area contributed by atoms with E-state index < -0.39 is 11.7 Å². The number of aliphatic hydroxyl groups is 1. The number of anilines is 2. The highest BCUT2D eigenvalue weighted by Crippen LogP contribution is 2.30. The number of rotatable bonds is 3. The number of para-hydroxylation sites is 2. The molecule has 122 valence electrons. The van der Waals surface area contributed by atoms with E-state index in [0.29, 0.717) is 18.7 Å². The minimum absolute atomic E-state index is 0.0147. The Labute approximate surface area is 131 Å². The first-order valence-electron chi connectivity index (χ1n) is 7.51. The smallest absolute Gasteiger partial charge is 0.407 e. The zero-order valence-electron chi connectivity index (χ0n) is 13.4. The maximum absolute atomic E-state index is 11.9. The Bertz CT molecular complexity index is 528. The molecule has 6 heteroatoms. The van der Waals surface area contributed by atoms with Gasteiger partial charge in [0.25, 0.3) is 0 Å². The zero-order valence-corrected chi connectivity index (χ0v) is 13.4. The molecule has 1 heterocycles. The highest BCUT2D eigenvalue weighted by atomic mass is 16.6. The van der Waals surface area contributed by atoms with Crippen LogP contribution in [-0.4, -0.2) is 42.0 Å². The van der Waals surface area contributed by atoms with Gasteiger partial charge in [-0.15, -0.1) is 0 Å². The lowest BCUT2D eigenvalue weighted by Gasteiger charge is -2.26. The lowest BCUT2D eigenvalue weighted by molar-refractivity contribution is 0.0507. The summed E-state index contributed by atoms with van der Waals surface area (Å²) in [7, 11) is 0. The fourth-order valence-corrected chi connectivity index (χ4v) is 2.71. The zero-order chi connectivity index (χ0) is 16.3. The molecular formula is C16H25N3O3. The van der Waals surface area contributed by atoms with Gasteiger partial charge < -0.3 is 25.8 Å². The van der Waals surface area contributed by atoms with Crippen molar-refractivity contribution in [3.8, 4) is 0 Å². The largest absolute Gasteiger partial charge is 0.444 e. The van der Waals surface area contributed by atoms with Crippen molar-refractivity contribution in [1.29, 1.82) is 0 Å². The molecule has 0 aromatic heterocycles. The van der Waals surface area contributed by atoms with Crippen molar-refractivity contribution >= 4 is 17.5 Å². The average molecular weight is 307 g/mol. The number of ether oxygens (including phenoxy) is 1. The number of nitrogens with zero attached hydrogens (tertiary/aromatic N) is 1. The number of alkyl carbamates (subject to hydrolysis) is 1. The topological polar surface area (TPSA) is 87.8 Å². The molecule has 1 aliphatic heterocycles. The van der Waals surface area contributed by atoms with Crippen LogP contribution in [0.2, 0.25) is 0 Å². The Morgan fingerprint density at radius 3 is 2.73 bits per heavy atom. The van der Waals surface area contributed by atoms with E-state index in [0.717, 1.165) is 5.69 Å². The Morgan fingerprint density at radius 1 is 1.45 bits per heavy atom. The number of carbonyl (C=O) groups is 1. The third kappa shape index (κ3) is 4.04. The molecular weight excluding hydrogens is 282 g/mol. The van der Waals surface area contributed by atoms with Crippen LogP contribution in [0.15, 0.2) is 24.3 Å². The highest BCUT2D eigenvalue weighted by Gasteiger charge is 2.34. The highest BCUT2D eigenvalue weighted by molar-refractivity contribution is 5.70. The second kappa shape index (κ2) is 6.44. The van der Waals surface area contributed by atoms with Gasteiger partial charge in [-0.1, -0.05) is 12.1 Å². The summed E-state index contributed by atoms with van der Waals surface area (Å²) in [4.78, 5) is 13.9. The Morgan fingerprint density at radius 2 is 2.14 bits per heavy atom. The van der Waals surface area contributed by atoms with Crippen LogP contribution in [0, 0.1) is 0 Å². The van der Waals surface area contributed by atoms with Crippen LogP contribution in [0.3, 0.4) is 0 Å². The molecule has 2 unspecified atom stereocenters. The maximum Gasteiger partial charge on any atom is 0.407 e. The Balaban J connectivity index is 2.04. The molecule has 1 saturated heterocycles. The standard InChI is InChI=1S/C16H25N3O3/c1-16(2,3)22-15(21)18-11-8-12(10-20)19(9-11)14-7-5-4-6-13(14)17/h4-7,11-12,20H,8-10,17H2,1-3H3,(H,18,21). The molecule has 1 aromatic rings. The summed E-state index contributed by atoms with van der Waals surface area (Å²) in [5.41, 5.74) is 7.04. The number of aliphatic hydroxyl groups excluding tert-OH is 1. The fourth-order valence-electron chi connectivity index (χ4n) is 2.71. The lowest BCUT2D eigenvalue weighted by Crippen LogP contribution is -2.40. The average Bonchev–Trinajstić information content (AvgIpc) is 2.79. The molecule has 6 nitrogen and oxygen atoms in total. The van der Waals surface area contributed by atoms with E-state index in [9.17, 15) is 9.90 Å². The van der Waals surface area contributed by atoms with Gasteiger partial charge in [-0.2, -0.15) is 0 Å². The number of carbonyl (C=O) groups excluding carboxylic acids is 1. The number of nitrogens with one attached hydrogen (secondary N) is 1. The van der Waals surface area contributed by atoms with Crippen molar-refractivity contribution in [3.63, 3.8) is 0 Å². The molecule has 0 bridgehead atoms. The summed E-state index contributed by atoms with van der Waals surface area (Å²) in [6, 6.07) is 7.40. The summed E-state index contributed by atoms with van der Waals surface area (Å²) in [6.07, 6.45) is 0.224. The number of nitrogens with two attached hydrogens (primary N) is 1. The van der Waals surface area contributed by atoms with Crippen molar-refractivity contribution in [2.24, 2.45) is 0 Å². The van der Waals surface area contributed by atoms with Gasteiger partial charge in [0.05, 0.1) is 30.1 Å². The van der Waals surface area contributed by atoms with Crippen LogP contribution in [0.4, 0.5) is 16.2 Å². The normalized spacial score (nSPS) is 21.7. The number of hydrogen-bond donors (Lipinski definition) is 3. The molecule has 4 N–H and O–H groups in total. The van der Waals surface area contributed by atoms with E-state index in [2.05, 4.69) is 5.32 Å². The number of benzene rings is 1. The van der Waals surface area contributed by atoms with Gasteiger partial charge >= 0.3 is 6.09 Å². The molecule has 0 radical (unpaired) electrons. The second-order valence-electron chi connectivity index (χ2n) is 6.63. The summed E-state index contributed by atoms with van der Waals surface area (Å²) >= 11 is 0. The van der Waals surface area contributed by atoms with Gasteiger partial charge in [0.1, 0.15) is 5.60 Å². The van der Waals surface area contributed by atoms with E-state index in [1.165, 1.54) is 0 Å². The van der Waals surface area contributed by atoms with Crippen LogP contribution in [0.1, 0.15) is 27.2 Å². The van der Waals surface area contributed by atoms with Crippen molar-refractivity contribution in [2.75, 3.05) is 23.8 Å². The molecule has 0 aliphatic carbocycles. The minimum Gasteiger partial charge on any atom is -0.444 e. The monoisotopic (exact) mass is 307 g/mol. The summed E-state index contributed by atoms with van der Waals surface area (Å²) in [5, 5.41) is 12.5. The first kappa shape index (κ1) is 16.4. The van der Waals surface area contributed by atoms with Gasteiger partial charge in [0.15, 0.2) is 0 Å². The van der Waals surface area contributed by atoms with Crippen LogP contribution in [0.25, 0.3) is 0 Å². The molecule has 1 amide bonds. The molecule has 1 fully saturated rings. The Hall–Kier alpha value is -1.95. The quantitative estimate of drug-likeness (QED) is 0.740. The van der Waals surface area contributed by atoms with Crippen molar-refractivity contribution < 1.29 is 14.6 Å². The lowest BCUT2D eigenvalue weighted by atomic mass is 10.1. The van der Waals surface area contributed by atoms with Gasteiger partial charge in [-0.05, 0) is 39.3 Å². The number of amides is 1. The summed E-state index contributed by atoms with van der Waals surface area (Å²) in [6.45, 7) is 6.09. The van der Waals surface area contributed by atoms with Gasteiger partial charge in [-0.25, -0.2) is 4.79 Å². The maximum atomic E-state index is 11.9. The first-order valence-corrected chi connectivity index (χ1v) is 7.51. The van der Waals surface area contributed by atoms with Crippen molar-refractivity contribution in [1.82, 2.24) is 5.32 Å². The predicted molar refractivity (Wildman–Crippen MR) is 86.8 cm³/mol. The van der Waals surface area contributed by atoms with Crippen LogP contribution in [-0.2, 0) is 4.74 Å². The van der Waals surface area contributed by atoms with Gasteiger partial charge in [0.2, 0.25) is 0 Å². The minimum atomic E-state index is -0.525. The fraction of sp³-hybridized carbons (Fsp3) is 0.562. The molecule has 2 atom stereocenters. The molecule has 1 aromatic carbocycles. The van der Waals surface area contributed by atoms with Crippen molar-refractivity contribution in [2.45, 2.75) is 44.9 Å². The van der Waals surface area contributed by atoms with Crippen LogP contribution < -0.4 is 16.0 Å². The summed E-state index contributed by atoms with van der Waals surface area (Å²) in [5.74, 6) is 0. The van der Waals surface area contributed by atoms with E-state index in [-0.39, 0.29) is 18.7 Å². The SMILES string of the molecule is CC(C)(C)OC(=O)NC1CC(CO)N(c2ccccc2N)C1. The third-order valence-corrected chi connectivity index (χ3v) is 3.59. The van der Waals surface area contributed by atoms with Gasteiger partial charge in [0, 0.05) is 6.54 Å². The third-order valence-electron chi connectivity index (χ3n) is 3.59. The molecule has 0 spiro atoms. The van der Waals surface area contributed by atoms with Crippen LogP contribution in [0.5, 0.6) is 0 Å². The van der Waals surface area contributed by atoms with Crippen molar-refractivity contribution in [3.05, 3.63) is 24.3 Å². The number of nitrogen functional groups attached to an aromatic ring is 1. The molecule has 2 rings (SSSR count). The Kier molecular flexibility index (Phi) is 4.81. The first-order chi connectivity index (χ1) is 10.3. The predicted octanol–water partition coefficient (Wildman–Crippen LogP) is 1.73. The molecule has 22 heavy (non-hydrogen) atoms. The van der Waals surface area contributed by atoms with E-state index in [1.54, 1.807) is 0 Å². The second-order valence-corrected chi connectivity index (χ2v) is 6.63. The van der Waals surface area contributed by atoms with E-state index in [4.69, 9.17) is 10.5 Å². The number of hydrogen-bond acceptors (Lipinski definition) is 5. The van der Waals surface area contributed by atoms with E-state index >= 15 is 0 Å². The molecule has 0 saturated carbocycles.